The van der Waals surface area contributed by atoms with E-state index >= 15 is 0 Å². The van der Waals surface area contributed by atoms with Crippen LogP contribution in [-0.4, -0.2) is 82.8 Å². The van der Waals surface area contributed by atoms with Gasteiger partial charge in [0, 0.05) is 57.7 Å². The predicted octanol–water partition coefficient (Wildman–Crippen LogP) is 2.75. The second-order valence-electron chi connectivity index (χ2n) is 9.13. The van der Waals surface area contributed by atoms with Crippen LogP contribution in [0.3, 0.4) is 0 Å². The van der Waals surface area contributed by atoms with Crippen molar-refractivity contribution < 1.29 is 27.5 Å². The van der Waals surface area contributed by atoms with E-state index in [1.54, 1.807) is 0 Å². The van der Waals surface area contributed by atoms with Crippen LogP contribution in [0.25, 0.3) is 0 Å². The molecule has 2 bridgehead atoms. The van der Waals surface area contributed by atoms with E-state index in [2.05, 4.69) is 30.9 Å². The molecule has 0 unspecified atom stereocenters. The zero-order valence-corrected chi connectivity index (χ0v) is 20.1. The number of alkyl halides is 2. The third-order valence-electron chi connectivity index (χ3n) is 6.79. The topological polar surface area (TPSA) is 125 Å². The third kappa shape index (κ3) is 5.16. The first kappa shape index (κ1) is 24.5. The van der Waals surface area contributed by atoms with Gasteiger partial charge in [-0.25, -0.2) is 28.3 Å². The van der Waals surface area contributed by atoms with Crippen LogP contribution in [0.1, 0.15) is 19.3 Å². The van der Waals surface area contributed by atoms with Crippen molar-refractivity contribution in [3.63, 3.8) is 0 Å². The number of hydrogen-bond acceptors (Lipinski definition) is 9. The zero-order valence-electron chi connectivity index (χ0n) is 19.3. The number of thiazole rings is 1. The van der Waals surface area contributed by atoms with Crippen LogP contribution in [0.15, 0.2) is 18.5 Å². The summed E-state index contributed by atoms with van der Waals surface area (Å²) in [5, 5.41) is 7.63. The van der Waals surface area contributed by atoms with Crippen molar-refractivity contribution in [2.75, 3.05) is 42.2 Å². The predicted molar refractivity (Wildman–Crippen MR) is 125 cm³/mol. The highest BCUT2D eigenvalue weighted by Crippen LogP contribution is 2.34. The fourth-order valence-corrected chi connectivity index (χ4v) is 5.41. The molecule has 4 heterocycles. The van der Waals surface area contributed by atoms with E-state index in [0.29, 0.717) is 23.3 Å². The number of carbonyl (C=O) groups excluding carboxylic acids is 2. The van der Waals surface area contributed by atoms with Gasteiger partial charge >= 0.3 is 12.1 Å². The van der Waals surface area contributed by atoms with Gasteiger partial charge in [0.05, 0.1) is 6.20 Å². The standard InChI is InChI=1S/C21H25F3N8O3S/c1-31(19(33)30-18-27-9-15(22)36-18)14-10-32(5-3-21(14,23)24)17-25-4-2-16(28-17)29-20(34)35-13-7-12-6-11(13)8-26-12/h2,4,9,11-14,26H,3,5-8,10H2,1H3,(H,27,30,33)(H,25,28,29,34)/t11-,12-,13+,14+/m1/s1. The summed E-state index contributed by atoms with van der Waals surface area (Å²) in [6.07, 6.45) is 2.79. The Morgan fingerprint density at radius 3 is 2.83 bits per heavy atom. The third-order valence-corrected chi connectivity index (χ3v) is 7.49. The molecule has 1 saturated carbocycles. The molecule has 3 fully saturated rings. The zero-order chi connectivity index (χ0) is 25.4. The van der Waals surface area contributed by atoms with E-state index in [1.165, 1.54) is 24.2 Å². The lowest BCUT2D eigenvalue weighted by molar-refractivity contribution is -0.0760. The Labute approximate surface area is 208 Å². The van der Waals surface area contributed by atoms with Crippen molar-refractivity contribution >= 4 is 40.4 Å². The summed E-state index contributed by atoms with van der Waals surface area (Å²) in [5.41, 5.74) is 0. The fraction of sp³-hybridized carbons (Fsp3) is 0.571. The maximum Gasteiger partial charge on any atom is 0.413 e. The first-order chi connectivity index (χ1) is 17.2. The summed E-state index contributed by atoms with van der Waals surface area (Å²) in [7, 11) is 1.24. The Kier molecular flexibility index (Phi) is 6.59. The molecule has 2 aromatic heterocycles. The number of rotatable bonds is 5. The summed E-state index contributed by atoms with van der Waals surface area (Å²) in [5.74, 6) is -2.56. The van der Waals surface area contributed by atoms with Crippen molar-refractivity contribution in [2.45, 2.75) is 43.4 Å². The highest BCUT2D eigenvalue weighted by Gasteiger charge is 2.48. The van der Waals surface area contributed by atoms with Crippen molar-refractivity contribution in [1.82, 2.24) is 25.2 Å². The smallest absolute Gasteiger partial charge is 0.413 e. The average molecular weight is 527 g/mol. The van der Waals surface area contributed by atoms with E-state index in [0.717, 1.165) is 30.5 Å². The Morgan fingerprint density at radius 1 is 1.31 bits per heavy atom. The summed E-state index contributed by atoms with van der Waals surface area (Å²) in [6.45, 7) is 0.520. The summed E-state index contributed by atoms with van der Waals surface area (Å²) >= 11 is 0.595. The number of ether oxygens (including phenoxy) is 1. The minimum atomic E-state index is -3.17. The van der Waals surface area contributed by atoms with Gasteiger partial charge in [-0.1, -0.05) is 11.3 Å². The lowest BCUT2D eigenvalue weighted by Gasteiger charge is -2.42. The van der Waals surface area contributed by atoms with Gasteiger partial charge in [0.15, 0.2) is 10.3 Å². The molecule has 11 nitrogen and oxygen atoms in total. The molecule has 36 heavy (non-hydrogen) atoms. The molecule has 1 aliphatic carbocycles. The lowest BCUT2D eigenvalue weighted by atomic mass is 10.00. The van der Waals surface area contributed by atoms with E-state index in [4.69, 9.17) is 4.74 Å². The first-order valence-electron chi connectivity index (χ1n) is 11.5. The molecule has 4 atom stereocenters. The molecule has 3 amide bonds. The average Bonchev–Trinajstić information content (AvgIpc) is 3.56. The lowest BCUT2D eigenvalue weighted by Crippen LogP contribution is -2.60. The largest absolute Gasteiger partial charge is 0.446 e. The van der Waals surface area contributed by atoms with Crippen molar-refractivity contribution in [1.29, 1.82) is 0 Å². The highest BCUT2D eigenvalue weighted by molar-refractivity contribution is 7.14. The number of anilines is 3. The highest BCUT2D eigenvalue weighted by atomic mass is 32.1. The number of hydrogen-bond donors (Lipinski definition) is 3. The Morgan fingerprint density at radius 2 is 2.14 bits per heavy atom. The summed E-state index contributed by atoms with van der Waals surface area (Å²) in [6, 6.07) is -0.486. The van der Waals surface area contributed by atoms with E-state index in [9.17, 15) is 22.8 Å². The van der Waals surface area contributed by atoms with Crippen LogP contribution in [0.4, 0.5) is 39.7 Å². The van der Waals surface area contributed by atoms with Crippen molar-refractivity contribution in [3.8, 4) is 0 Å². The molecule has 0 aromatic carbocycles. The Balaban J connectivity index is 1.22. The van der Waals surface area contributed by atoms with Gasteiger partial charge in [-0.05, 0) is 12.5 Å². The number of nitrogens with one attached hydrogen (secondary N) is 3. The molecule has 15 heteroatoms. The maximum atomic E-state index is 14.8. The second kappa shape index (κ2) is 9.69. The maximum absolute atomic E-state index is 14.8. The number of fused-ring (bicyclic) bond motifs is 2. The van der Waals surface area contributed by atoms with Crippen LogP contribution in [0, 0.1) is 11.0 Å². The molecule has 3 aliphatic rings. The number of likely N-dealkylation sites (N-methyl/N-ethyl adjacent to an activating group) is 1. The first-order valence-corrected chi connectivity index (χ1v) is 12.3. The fourth-order valence-electron chi connectivity index (χ4n) is 4.88. The minimum absolute atomic E-state index is 0.0315. The van der Waals surface area contributed by atoms with Crippen molar-refractivity contribution in [2.24, 2.45) is 5.92 Å². The van der Waals surface area contributed by atoms with Crippen LogP contribution < -0.4 is 20.9 Å². The van der Waals surface area contributed by atoms with Gasteiger partial charge in [-0.15, -0.1) is 0 Å². The SMILES string of the molecule is CN(C(=O)Nc1ncc(F)s1)[C@H]1CN(c2nccc(NC(=O)O[C@H]3C[C@H]4C[C@@H]3CN4)n2)CCC1(F)F. The molecule has 0 radical (unpaired) electrons. The van der Waals surface area contributed by atoms with E-state index < -0.39 is 35.6 Å². The Hall–Kier alpha value is -3.20. The van der Waals surface area contributed by atoms with Gasteiger partial charge in [-0.3, -0.25) is 10.6 Å². The molecule has 2 saturated heterocycles. The number of nitrogens with zero attached hydrogens (tertiary/aromatic N) is 5. The molecule has 5 rings (SSSR count). The van der Waals surface area contributed by atoms with Crippen LogP contribution >= 0.6 is 11.3 Å². The normalized spacial score (nSPS) is 26.5. The number of urea groups is 1. The minimum Gasteiger partial charge on any atom is -0.446 e. The number of piperidine rings is 2. The number of aromatic nitrogens is 3. The Bertz CT molecular complexity index is 1140. The molecule has 0 spiro atoms. The molecule has 2 aromatic rings. The van der Waals surface area contributed by atoms with Gasteiger partial charge in [0.2, 0.25) is 5.95 Å². The van der Waals surface area contributed by atoms with Gasteiger partial charge in [0.25, 0.3) is 5.92 Å². The summed E-state index contributed by atoms with van der Waals surface area (Å²) < 4.78 is 48.3. The van der Waals surface area contributed by atoms with Crippen molar-refractivity contribution in [3.05, 3.63) is 23.6 Å². The molecule has 194 valence electrons. The quantitative estimate of drug-likeness (QED) is 0.543. The monoisotopic (exact) mass is 526 g/mol. The van der Waals surface area contributed by atoms with Gasteiger partial charge < -0.3 is 19.9 Å². The van der Waals surface area contributed by atoms with Gasteiger partial charge in [-0.2, -0.15) is 9.37 Å². The molecular formula is C21H25F3N8O3S. The molecule has 2 aliphatic heterocycles. The van der Waals surface area contributed by atoms with E-state index in [1.807, 2.05) is 0 Å². The number of amides is 3. The van der Waals surface area contributed by atoms with Crippen LogP contribution in [-0.2, 0) is 4.74 Å². The summed E-state index contributed by atoms with van der Waals surface area (Å²) in [4.78, 5) is 39.4. The second-order valence-corrected chi connectivity index (χ2v) is 10.1. The van der Waals surface area contributed by atoms with Crippen LogP contribution in [0.5, 0.6) is 0 Å². The van der Waals surface area contributed by atoms with Gasteiger partial charge in [0.1, 0.15) is 18.0 Å². The van der Waals surface area contributed by atoms with Crippen LogP contribution in [0.2, 0.25) is 0 Å². The van der Waals surface area contributed by atoms with E-state index in [-0.39, 0.29) is 36.1 Å². The number of carbonyl (C=O) groups is 2. The number of halogens is 3. The molecular weight excluding hydrogens is 501 g/mol. The molecule has 3 N–H and O–H groups in total.